The Balaban J connectivity index is 1.78. The van der Waals surface area contributed by atoms with Crippen molar-refractivity contribution in [3.63, 3.8) is 0 Å². The van der Waals surface area contributed by atoms with Crippen LogP contribution in [-0.2, 0) is 11.2 Å². The van der Waals surface area contributed by atoms with Crippen molar-refractivity contribution in [1.82, 2.24) is 15.0 Å². The molecule has 0 aromatic carbocycles. The molecule has 22 heavy (non-hydrogen) atoms. The van der Waals surface area contributed by atoms with Gasteiger partial charge in [-0.3, -0.25) is 9.69 Å². The molecule has 124 valence electrons. The van der Waals surface area contributed by atoms with Crippen LogP contribution in [0.5, 0.6) is 0 Å². The van der Waals surface area contributed by atoms with Gasteiger partial charge >= 0.3 is 0 Å². The van der Waals surface area contributed by atoms with Crippen molar-refractivity contribution in [3.8, 4) is 0 Å². The molecular formula is C15H24ClN3O3. The van der Waals surface area contributed by atoms with Gasteiger partial charge in [0.15, 0.2) is 0 Å². The van der Waals surface area contributed by atoms with Crippen LogP contribution in [-0.4, -0.2) is 64.3 Å². The van der Waals surface area contributed by atoms with E-state index in [9.17, 15) is 9.90 Å². The summed E-state index contributed by atoms with van der Waals surface area (Å²) in [5, 5.41) is 13.9. The lowest BCUT2D eigenvalue weighted by atomic mass is 10.1. The molecule has 2 rings (SSSR count). The first kappa shape index (κ1) is 17.2. The lowest BCUT2D eigenvalue weighted by Crippen LogP contribution is -2.52. The fraction of sp³-hybridized carbons (Fsp3) is 0.733. The highest BCUT2D eigenvalue weighted by molar-refractivity contribution is 6.29. The molecule has 0 radical (unpaired) electrons. The molecule has 0 unspecified atom stereocenters. The Labute approximate surface area is 136 Å². The van der Waals surface area contributed by atoms with Crippen molar-refractivity contribution in [3.05, 3.63) is 16.5 Å². The second-order valence-corrected chi connectivity index (χ2v) is 6.83. The number of halogens is 1. The summed E-state index contributed by atoms with van der Waals surface area (Å²) >= 11 is 5.91. The molecule has 1 aromatic heterocycles. The smallest absolute Gasteiger partial charge is 0.229 e. The van der Waals surface area contributed by atoms with Crippen LogP contribution in [0.2, 0.25) is 5.22 Å². The van der Waals surface area contributed by atoms with Crippen molar-refractivity contribution in [2.24, 2.45) is 0 Å². The highest BCUT2D eigenvalue weighted by Crippen LogP contribution is 2.21. The minimum Gasteiger partial charge on any atom is -0.389 e. The number of aliphatic hydroxyl groups is 1. The molecule has 0 atom stereocenters. The molecule has 6 nitrogen and oxygen atoms in total. The minimum atomic E-state index is -0.700. The van der Waals surface area contributed by atoms with E-state index in [2.05, 4.69) is 10.1 Å². The molecular weight excluding hydrogens is 306 g/mol. The summed E-state index contributed by atoms with van der Waals surface area (Å²) in [4.78, 5) is 16.3. The number of rotatable bonds is 5. The van der Waals surface area contributed by atoms with E-state index in [0.29, 0.717) is 32.5 Å². The summed E-state index contributed by atoms with van der Waals surface area (Å²) in [6.45, 7) is 9.04. The number of hydrogen-bond acceptors (Lipinski definition) is 5. The number of β-amino-alcohol motifs (C(OH)–C–C–N with tert-alkyl or cyclic N) is 1. The Bertz CT molecular complexity index is 497. The highest BCUT2D eigenvalue weighted by atomic mass is 35.5. The first-order chi connectivity index (χ1) is 10.3. The molecule has 0 saturated carbocycles. The lowest BCUT2D eigenvalue weighted by Gasteiger charge is -2.37. The zero-order chi connectivity index (χ0) is 16.3. The van der Waals surface area contributed by atoms with E-state index < -0.39 is 5.60 Å². The zero-order valence-corrected chi connectivity index (χ0v) is 14.2. The molecule has 1 fully saturated rings. The number of aromatic nitrogens is 1. The maximum absolute atomic E-state index is 12.3. The average molecular weight is 330 g/mol. The van der Waals surface area contributed by atoms with Crippen LogP contribution >= 0.6 is 11.6 Å². The number of carbonyl (C=O) groups excluding carboxylic acids is 1. The molecule has 0 aliphatic carbocycles. The fourth-order valence-electron chi connectivity index (χ4n) is 2.73. The summed E-state index contributed by atoms with van der Waals surface area (Å²) in [5.74, 6) is 0.125. The number of carbonyl (C=O) groups is 1. The average Bonchev–Trinajstić information content (AvgIpc) is 2.74. The number of nitrogens with zero attached hydrogens (tertiary/aromatic N) is 3. The standard InChI is InChI=1S/C15H24ClN3O3/c1-11-12(14(16)22-17-11)4-5-13(20)19-8-6-18(7-9-19)10-15(2,3)21/h21H,4-10H2,1-3H3. The van der Waals surface area contributed by atoms with E-state index in [-0.39, 0.29) is 11.1 Å². The second-order valence-electron chi connectivity index (χ2n) is 6.49. The largest absolute Gasteiger partial charge is 0.389 e. The maximum Gasteiger partial charge on any atom is 0.229 e. The van der Waals surface area contributed by atoms with Crippen molar-refractivity contribution in [2.75, 3.05) is 32.7 Å². The minimum absolute atomic E-state index is 0.125. The lowest BCUT2D eigenvalue weighted by molar-refractivity contribution is -0.133. The molecule has 1 aromatic rings. The second kappa shape index (κ2) is 6.98. The van der Waals surface area contributed by atoms with Crippen LogP contribution in [0.25, 0.3) is 0 Å². The quantitative estimate of drug-likeness (QED) is 0.886. The summed E-state index contributed by atoms with van der Waals surface area (Å²) in [6, 6.07) is 0. The van der Waals surface area contributed by atoms with Crippen LogP contribution in [0, 0.1) is 6.92 Å². The van der Waals surface area contributed by atoms with Crippen LogP contribution in [0.3, 0.4) is 0 Å². The molecule has 1 N–H and O–H groups in total. The van der Waals surface area contributed by atoms with Crippen LogP contribution in [0.1, 0.15) is 31.5 Å². The van der Waals surface area contributed by atoms with Crippen molar-refractivity contribution in [1.29, 1.82) is 0 Å². The molecule has 1 aliphatic rings. The number of piperazine rings is 1. The van der Waals surface area contributed by atoms with Gasteiger partial charge in [0.05, 0.1) is 11.3 Å². The third-order valence-corrected chi connectivity index (χ3v) is 4.16. The molecule has 2 heterocycles. The van der Waals surface area contributed by atoms with Gasteiger partial charge in [-0.15, -0.1) is 0 Å². The summed E-state index contributed by atoms with van der Waals surface area (Å²) in [5.41, 5.74) is 0.859. The van der Waals surface area contributed by atoms with Gasteiger partial charge in [0.1, 0.15) is 0 Å². The Morgan fingerprint density at radius 2 is 2.00 bits per heavy atom. The first-order valence-electron chi connectivity index (χ1n) is 7.59. The normalized spacial score (nSPS) is 17.0. The van der Waals surface area contributed by atoms with E-state index in [0.717, 1.165) is 24.3 Å². The van der Waals surface area contributed by atoms with E-state index in [1.165, 1.54) is 0 Å². The van der Waals surface area contributed by atoms with Gasteiger partial charge in [0.25, 0.3) is 0 Å². The zero-order valence-electron chi connectivity index (χ0n) is 13.4. The van der Waals surface area contributed by atoms with Gasteiger partial charge in [-0.2, -0.15) is 0 Å². The van der Waals surface area contributed by atoms with Crippen molar-refractivity contribution >= 4 is 17.5 Å². The Hall–Kier alpha value is -1.11. The van der Waals surface area contributed by atoms with Crippen LogP contribution in [0.15, 0.2) is 4.52 Å². The van der Waals surface area contributed by atoms with Gasteiger partial charge in [-0.05, 0) is 38.8 Å². The van der Waals surface area contributed by atoms with Gasteiger partial charge < -0.3 is 14.5 Å². The Morgan fingerprint density at radius 3 is 2.50 bits per heavy atom. The van der Waals surface area contributed by atoms with Gasteiger partial charge in [-0.1, -0.05) is 5.16 Å². The van der Waals surface area contributed by atoms with Gasteiger partial charge in [0.2, 0.25) is 11.1 Å². The number of hydrogen-bond donors (Lipinski definition) is 1. The fourth-order valence-corrected chi connectivity index (χ4v) is 3.00. The molecule has 0 bridgehead atoms. The van der Waals surface area contributed by atoms with E-state index >= 15 is 0 Å². The maximum atomic E-state index is 12.3. The third-order valence-electron chi connectivity index (χ3n) is 3.86. The van der Waals surface area contributed by atoms with Gasteiger partial charge in [0, 0.05) is 44.7 Å². The van der Waals surface area contributed by atoms with Gasteiger partial charge in [-0.25, -0.2) is 0 Å². The molecule has 1 saturated heterocycles. The van der Waals surface area contributed by atoms with E-state index in [4.69, 9.17) is 16.1 Å². The summed E-state index contributed by atoms with van der Waals surface area (Å²) in [6.07, 6.45) is 0.962. The SMILES string of the molecule is Cc1noc(Cl)c1CCC(=O)N1CCN(CC(C)(C)O)CC1. The van der Waals surface area contributed by atoms with Crippen molar-refractivity contribution in [2.45, 2.75) is 39.2 Å². The van der Waals surface area contributed by atoms with E-state index in [1.807, 2.05) is 11.8 Å². The first-order valence-corrected chi connectivity index (χ1v) is 7.97. The summed E-state index contributed by atoms with van der Waals surface area (Å²) in [7, 11) is 0. The molecule has 0 spiro atoms. The monoisotopic (exact) mass is 329 g/mol. The topological polar surface area (TPSA) is 69.8 Å². The predicted octanol–water partition coefficient (Wildman–Crippen LogP) is 1.48. The van der Waals surface area contributed by atoms with Crippen LogP contribution < -0.4 is 0 Å². The summed E-state index contributed by atoms with van der Waals surface area (Å²) < 4.78 is 4.89. The third kappa shape index (κ3) is 4.69. The molecule has 7 heteroatoms. The Kier molecular flexibility index (Phi) is 5.47. The number of aryl methyl sites for hydroxylation is 1. The number of amides is 1. The molecule has 1 amide bonds. The van der Waals surface area contributed by atoms with E-state index in [1.54, 1.807) is 13.8 Å². The van der Waals surface area contributed by atoms with Crippen molar-refractivity contribution < 1.29 is 14.4 Å². The predicted molar refractivity (Wildman–Crippen MR) is 83.9 cm³/mol. The Morgan fingerprint density at radius 1 is 1.36 bits per heavy atom. The van der Waals surface area contributed by atoms with Crippen LogP contribution in [0.4, 0.5) is 0 Å². The molecule has 1 aliphatic heterocycles. The highest BCUT2D eigenvalue weighted by Gasteiger charge is 2.25.